The Hall–Kier alpha value is -1.79. The molecule has 18 heavy (non-hydrogen) atoms. The SMILES string of the molecule is Cc1ccc(CNc2ccccc2C#N)cc1Br. The van der Waals surface area contributed by atoms with Gasteiger partial charge in [-0.25, -0.2) is 0 Å². The third-order valence-electron chi connectivity index (χ3n) is 2.77. The molecule has 2 aromatic carbocycles. The van der Waals surface area contributed by atoms with Gasteiger partial charge >= 0.3 is 0 Å². The molecular weight excluding hydrogens is 288 g/mol. The molecule has 0 aliphatic heterocycles. The lowest BCUT2D eigenvalue weighted by Crippen LogP contribution is -2.01. The zero-order chi connectivity index (χ0) is 13.0. The van der Waals surface area contributed by atoms with E-state index in [0.29, 0.717) is 12.1 Å². The van der Waals surface area contributed by atoms with E-state index >= 15 is 0 Å². The highest BCUT2D eigenvalue weighted by atomic mass is 79.9. The highest BCUT2D eigenvalue weighted by Crippen LogP contribution is 2.19. The Morgan fingerprint density at radius 3 is 2.72 bits per heavy atom. The Morgan fingerprint density at radius 1 is 1.22 bits per heavy atom. The maximum absolute atomic E-state index is 9.00. The minimum absolute atomic E-state index is 0.670. The number of anilines is 1. The molecule has 2 nitrogen and oxygen atoms in total. The van der Waals surface area contributed by atoms with Crippen molar-refractivity contribution in [3.8, 4) is 6.07 Å². The molecule has 0 bridgehead atoms. The van der Waals surface area contributed by atoms with Crippen molar-refractivity contribution in [2.75, 3.05) is 5.32 Å². The van der Waals surface area contributed by atoms with E-state index in [0.717, 1.165) is 10.2 Å². The highest BCUT2D eigenvalue weighted by Gasteiger charge is 2.01. The van der Waals surface area contributed by atoms with Gasteiger partial charge in [0, 0.05) is 11.0 Å². The van der Waals surface area contributed by atoms with Gasteiger partial charge in [-0.15, -0.1) is 0 Å². The summed E-state index contributed by atoms with van der Waals surface area (Å²) >= 11 is 3.52. The standard InChI is InChI=1S/C15H13BrN2/c1-11-6-7-12(8-14(11)16)10-18-15-5-3-2-4-13(15)9-17/h2-8,18H,10H2,1H3. The fourth-order valence-corrected chi connectivity index (χ4v) is 2.10. The average molecular weight is 301 g/mol. The van der Waals surface area contributed by atoms with Crippen molar-refractivity contribution >= 4 is 21.6 Å². The Bertz CT molecular complexity index is 600. The van der Waals surface area contributed by atoms with Crippen LogP contribution in [0.4, 0.5) is 5.69 Å². The van der Waals surface area contributed by atoms with Gasteiger partial charge in [0.05, 0.1) is 11.3 Å². The summed E-state index contributed by atoms with van der Waals surface area (Å²) in [6.07, 6.45) is 0. The number of para-hydroxylation sites is 1. The van der Waals surface area contributed by atoms with Gasteiger partial charge in [0.15, 0.2) is 0 Å². The van der Waals surface area contributed by atoms with Crippen LogP contribution in [0.2, 0.25) is 0 Å². The summed E-state index contributed by atoms with van der Waals surface area (Å²) < 4.78 is 1.11. The largest absolute Gasteiger partial charge is 0.380 e. The van der Waals surface area contributed by atoms with Crippen molar-refractivity contribution in [2.24, 2.45) is 0 Å². The number of nitrogens with zero attached hydrogens (tertiary/aromatic N) is 1. The molecule has 0 fully saturated rings. The second kappa shape index (κ2) is 5.70. The lowest BCUT2D eigenvalue weighted by Gasteiger charge is -2.09. The van der Waals surface area contributed by atoms with Crippen molar-refractivity contribution in [3.63, 3.8) is 0 Å². The smallest absolute Gasteiger partial charge is 0.101 e. The van der Waals surface area contributed by atoms with E-state index < -0.39 is 0 Å². The van der Waals surface area contributed by atoms with Crippen LogP contribution in [0.15, 0.2) is 46.9 Å². The molecule has 0 amide bonds. The number of benzene rings is 2. The number of rotatable bonds is 3. The first-order valence-corrected chi connectivity index (χ1v) is 6.48. The highest BCUT2D eigenvalue weighted by molar-refractivity contribution is 9.10. The van der Waals surface area contributed by atoms with E-state index in [1.54, 1.807) is 0 Å². The molecule has 3 heteroatoms. The fourth-order valence-electron chi connectivity index (χ4n) is 1.68. The molecule has 0 spiro atoms. The predicted octanol–water partition coefficient (Wildman–Crippen LogP) is 4.24. The first-order valence-electron chi connectivity index (χ1n) is 5.69. The summed E-state index contributed by atoms with van der Waals surface area (Å²) in [6, 6.07) is 16.0. The lowest BCUT2D eigenvalue weighted by atomic mass is 10.1. The summed E-state index contributed by atoms with van der Waals surface area (Å²) in [6.45, 7) is 2.77. The summed E-state index contributed by atoms with van der Waals surface area (Å²) in [5.74, 6) is 0. The van der Waals surface area contributed by atoms with E-state index in [1.165, 1.54) is 11.1 Å². The maximum atomic E-state index is 9.00. The van der Waals surface area contributed by atoms with Crippen LogP contribution >= 0.6 is 15.9 Å². The average Bonchev–Trinajstić information content (AvgIpc) is 2.40. The molecule has 0 saturated carbocycles. The first-order chi connectivity index (χ1) is 8.70. The van der Waals surface area contributed by atoms with Crippen LogP contribution < -0.4 is 5.32 Å². The molecule has 0 unspecified atom stereocenters. The summed E-state index contributed by atoms with van der Waals surface area (Å²) in [5, 5.41) is 12.3. The van der Waals surface area contributed by atoms with Crippen LogP contribution in [0.5, 0.6) is 0 Å². The summed E-state index contributed by atoms with van der Waals surface area (Å²) in [4.78, 5) is 0. The van der Waals surface area contributed by atoms with Gasteiger partial charge in [-0.2, -0.15) is 5.26 Å². The normalized spacial score (nSPS) is 9.83. The Balaban J connectivity index is 2.12. The molecule has 1 N–H and O–H groups in total. The first kappa shape index (κ1) is 12.7. The minimum Gasteiger partial charge on any atom is -0.380 e. The number of hydrogen-bond acceptors (Lipinski definition) is 2. The van der Waals surface area contributed by atoms with Crippen LogP contribution in [0.25, 0.3) is 0 Å². The van der Waals surface area contributed by atoms with Crippen molar-refractivity contribution in [1.82, 2.24) is 0 Å². The van der Waals surface area contributed by atoms with Crippen LogP contribution in [-0.4, -0.2) is 0 Å². The number of aryl methyl sites for hydroxylation is 1. The van der Waals surface area contributed by atoms with Gasteiger partial charge in [-0.05, 0) is 36.2 Å². The van der Waals surface area contributed by atoms with Crippen molar-refractivity contribution in [2.45, 2.75) is 13.5 Å². The monoisotopic (exact) mass is 300 g/mol. The van der Waals surface area contributed by atoms with Gasteiger partial charge in [0.1, 0.15) is 6.07 Å². The third-order valence-corrected chi connectivity index (χ3v) is 3.62. The molecular formula is C15H13BrN2. The van der Waals surface area contributed by atoms with Gasteiger partial charge in [0.25, 0.3) is 0 Å². The second-order valence-corrected chi connectivity index (χ2v) is 4.95. The maximum Gasteiger partial charge on any atom is 0.101 e. The van der Waals surface area contributed by atoms with Crippen molar-refractivity contribution in [1.29, 1.82) is 5.26 Å². The van der Waals surface area contributed by atoms with Gasteiger partial charge < -0.3 is 5.32 Å². The van der Waals surface area contributed by atoms with Crippen LogP contribution in [0.3, 0.4) is 0 Å². The summed E-state index contributed by atoms with van der Waals surface area (Å²) in [7, 11) is 0. The van der Waals surface area contributed by atoms with Crippen LogP contribution in [0.1, 0.15) is 16.7 Å². The van der Waals surface area contributed by atoms with E-state index in [9.17, 15) is 0 Å². The van der Waals surface area contributed by atoms with E-state index in [2.05, 4.69) is 52.4 Å². The molecule has 0 aromatic heterocycles. The number of nitrogens with one attached hydrogen (secondary N) is 1. The van der Waals surface area contributed by atoms with Gasteiger partial charge in [-0.3, -0.25) is 0 Å². The number of nitriles is 1. The molecule has 0 aliphatic rings. The molecule has 0 aliphatic carbocycles. The molecule has 0 saturated heterocycles. The van der Waals surface area contributed by atoms with Crippen molar-refractivity contribution < 1.29 is 0 Å². The van der Waals surface area contributed by atoms with Crippen molar-refractivity contribution in [3.05, 3.63) is 63.6 Å². The topological polar surface area (TPSA) is 35.8 Å². The molecule has 2 aromatic rings. The minimum atomic E-state index is 0.670. The molecule has 0 atom stereocenters. The predicted molar refractivity (Wildman–Crippen MR) is 77.4 cm³/mol. The second-order valence-electron chi connectivity index (χ2n) is 4.09. The Morgan fingerprint density at radius 2 is 2.00 bits per heavy atom. The molecule has 2 rings (SSSR count). The Kier molecular flexibility index (Phi) is 4.01. The van der Waals surface area contributed by atoms with E-state index in [4.69, 9.17) is 5.26 Å². The fraction of sp³-hybridized carbons (Fsp3) is 0.133. The molecule has 90 valence electrons. The van der Waals surface area contributed by atoms with Crippen LogP contribution in [-0.2, 0) is 6.54 Å². The van der Waals surface area contributed by atoms with E-state index in [-0.39, 0.29) is 0 Å². The zero-order valence-corrected chi connectivity index (χ0v) is 11.7. The number of hydrogen-bond donors (Lipinski definition) is 1. The summed E-state index contributed by atoms with van der Waals surface area (Å²) in [5.41, 5.74) is 3.94. The van der Waals surface area contributed by atoms with Crippen LogP contribution in [0, 0.1) is 18.3 Å². The molecule has 0 radical (unpaired) electrons. The third kappa shape index (κ3) is 2.91. The van der Waals surface area contributed by atoms with Gasteiger partial charge in [-0.1, -0.05) is 40.2 Å². The van der Waals surface area contributed by atoms with Gasteiger partial charge in [0.2, 0.25) is 0 Å². The lowest BCUT2D eigenvalue weighted by molar-refractivity contribution is 1.14. The Labute approximate surface area is 115 Å². The number of halogens is 1. The van der Waals surface area contributed by atoms with E-state index in [1.807, 2.05) is 24.3 Å². The zero-order valence-electron chi connectivity index (χ0n) is 10.1. The molecule has 0 heterocycles. The quantitative estimate of drug-likeness (QED) is 0.920.